The van der Waals surface area contributed by atoms with E-state index >= 15 is 0 Å². The first kappa shape index (κ1) is 26.0. The van der Waals surface area contributed by atoms with Gasteiger partial charge in [0.25, 0.3) is 0 Å². The Balaban J connectivity index is 0. The molecule has 2 nitrogen and oxygen atoms in total. The Morgan fingerprint density at radius 1 is 1.20 bits per heavy atom. The van der Waals surface area contributed by atoms with Crippen molar-refractivity contribution in [2.45, 2.75) is 79.8 Å². The maximum atomic E-state index is 6.15. The van der Waals surface area contributed by atoms with Crippen molar-refractivity contribution in [3.8, 4) is 0 Å². The summed E-state index contributed by atoms with van der Waals surface area (Å²) in [4.78, 5) is 0. The van der Waals surface area contributed by atoms with Crippen molar-refractivity contribution in [3.63, 3.8) is 0 Å². The Kier molecular flexibility index (Phi) is 18.3. The van der Waals surface area contributed by atoms with Crippen LogP contribution < -0.4 is 0 Å². The number of rotatable bonds is 9. The van der Waals surface area contributed by atoms with Gasteiger partial charge in [-0.1, -0.05) is 64.4 Å². The average Bonchev–Trinajstić information content (AvgIpc) is 2.61. The SMILES string of the molecule is CC.CC.[B]C(=C/C=C)/C(/C=C(\CC)OC)=C(\C)CCOC1CCC1. The Labute approximate surface area is 158 Å². The lowest BCUT2D eigenvalue weighted by Gasteiger charge is -2.25. The fourth-order valence-electron chi connectivity index (χ4n) is 2.19. The van der Waals surface area contributed by atoms with Crippen molar-refractivity contribution >= 4 is 7.85 Å². The minimum absolute atomic E-state index is 0.475. The van der Waals surface area contributed by atoms with Gasteiger partial charge in [0.15, 0.2) is 0 Å². The molecule has 1 saturated carbocycles. The number of hydrogen-bond acceptors (Lipinski definition) is 2. The van der Waals surface area contributed by atoms with Gasteiger partial charge in [0, 0.05) is 6.42 Å². The maximum Gasteiger partial charge on any atom is 0.114 e. The van der Waals surface area contributed by atoms with E-state index in [-0.39, 0.29) is 0 Å². The Morgan fingerprint density at radius 3 is 2.20 bits per heavy atom. The minimum Gasteiger partial charge on any atom is -0.501 e. The smallest absolute Gasteiger partial charge is 0.114 e. The molecule has 3 heteroatoms. The second-order valence-corrected chi connectivity index (χ2v) is 5.39. The van der Waals surface area contributed by atoms with Gasteiger partial charge in [-0.3, -0.25) is 0 Å². The third-order valence-corrected chi connectivity index (χ3v) is 3.87. The van der Waals surface area contributed by atoms with Gasteiger partial charge in [0.2, 0.25) is 0 Å². The molecule has 0 aliphatic heterocycles. The van der Waals surface area contributed by atoms with Crippen LogP contribution in [0, 0.1) is 0 Å². The summed E-state index contributed by atoms with van der Waals surface area (Å²) in [6.07, 6.45) is 11.5. The molecule has 0 bridgehead atoms. The van der Waals surface area contributed by atoms with Crippen molar-refractivity contribution < 1.29 is 9.47 Å². The summed E-state index contributed by atoms with van der Waals surface area (Å²) in [5.41, 5.74) is 2.95. The maximum absolute atomic E-state index is 6.15. The summed E-state index contributed by atoms with van der Waals surface area (Å²) in [6, 6.07) is 0. The van der Waals surface area contributed by atoms with Crippen molar-refractivity contribution in [2.24, 2.45) is 0 Å². The fraction of sp³-hybridized carbons (Fsp3) is 0.636. The molecule has 2 radical (unpaired) electrons. The lowest BCUT2D eigenvalue weighted by atomic mass is 9.84. The van der Waals surface area contributed by atoms with E-state index in [4.69, 9.17) is 17.3 Å². The van der Waals surface area contributed by atoms with E-state index in [0.29, 0.717) is 11.6 Å². The summed E-state index contributed by atoms with van der Waals surface area (Å²) in [6.45, 7) is 16.6. The van der Waals surface area contributed by atoms with Crippen molar-refractivity contribution in [3.05, 3.63) is 47.2 Å². The zero-order valence-electron chi connectivity index (χ0n) is 17.7. The summed E-state index contributed by atoms with van der Waals surface area (Å²) in [7, 11) is 7.84. The second kappa shape index (κ2) is 17.6. The number of hydrogen-bond donors (Lipinski definition) is 0. The monoisotopic (exact) mass is 346 g/mol. The van der Waals surface area contributed by atoms with Crippen molar-refractivity contribution in [1.29, 1.82) is 0 Å². The normalized spacial score (nSPS) is 15.6. The van der Waals surface area contributed by atoms with Gasteiger partial charge < -0.3 is 9.47 Å². The molecule has 0 amide bonds. The zero-order valence-corrected chi connectivity index (χ0v) is 17.7. The fourth-order valence-corrected chi connectivity index (χ4v) is 2.19. The molecule has 0 atom stereocenters. The molecule has 0 heterocycles. The summed E-state index contributed by atoms with van der Waals surface area (Å²) >= 11 is 0. The Morgan fingerprint density at radius 2 is 1.80 bits per heavy atom. The highest BCUT2D eigenvalue weighted by Gasteiger charge is 2.17. The summed E-state index contributed by atoms with van der Waals surface area (Å²) < 4.78 is 11.2. The van der Waals surface area contributed by atoms with Gasteiger partial charge in [0.1, 0.15) is 7.85 Å². The molecule has 1 fully saturated rings. The first-order valence-electron chi connectivity index (χ1n) is 9.76. The van der Waals surface area contributed by atoms with E-state index in [1.807, 2.05) is 39.8 Å². The van der Waals surface area contributed by atoms with Crippen LogP contribution in [0.2, 0.25) is 0 Å². The molecule has 0 N–H and O–H groups in total. The number of ether oxygens (including phenoxy) is 2. The van der Waals surface area contributed by atoms with Crippen LogP contribution in [0.3, 0.4) is 0 Å². The van der Waals surface area contributed by atoms with E-state index < -0.39 is 0 Å². The van der Waals surface area contributed by atoms with Crippen LogP contribution in [0.15, 0.2) is 47.2 Å². The van der Waals surface area contributed by atoms with Gasteiger partial charge >= 0.3 is 0 Å². The first-order valence-corrected chi connectivity index (χ1v) is 9.76. The van der Waals surface area contributed by atoms with Gasteiger partial charge in [-0.25, -0.2) is 0 Å². The molecule has 0 aromatic heterocycles. The molecule has 1 aliphatic rings. The highest BCUT2D eigenvalue weighted by Crippen LogP contribution is 2.24. The molecular weight excluding hydrogens is 307 g/mol. The minimum atomic E-state index is 0.475. The first-order chi connectivity index (χ1) is 12.1. The van der Waals surface area contributed by atoms with Crippen LogP contribution in [-0.4, -0.2) is 27.7 Å². The van der Waals surface area contributed by atoms with Crippen LogP contribution in [0.5, 0.6) is 0 Å². The van der Waals surface area contributed by atoms with Crippen LogP contribution in [0.4, 0.5) is 0 Å². The van der Waals surface area contributed by atoms with Gasteiger partial charge in [-0.2, -0.15) is 0 Å². The van der Waals surface area contributed by atoms with E-state index in [9.17, 15) is 0 Å². The van der Waals surface area contributed by atoms with Crippen LogP contribution >= 0.6 is 0 Å². The molecule has 1 rings (SSSR count). The van der Waals surface area contributed by atoms with Crippen molar-refractivity contribution in [1.82, 2.24) is 0 Å². The van der Waals surface area contributed by atoms with E-state index in [0.717, 1.165) is 30.8 Å². The average molecular weight is 346 g/mol. The van der Waals surface area contributed by atoms with Gasteiger partial charge in [-0.05, 0) is 44.3 Å². The molecule has 142 valence electrons. The summed E-state index contributed by atoms with van der Waals surface area (Å²) in [5.74, 6) is 0.921. The molecular formula is C22H39BO2. The zero-order chi connectivity index (χ0) is 19.7. The topological polar surface area (TPSA) is 18.5 Å². The van der Waals surface area contributed by atoms with Crippen LogP contribution in [-0.2, 0) is 9.47 Å². The molecule has 0 unspecified atom stereocenters. The van der Waals surface area contributed by atoms with Crippen LogP contribution in [0.25, 0.3) is 0 Å². The lowest BCUT2D eigenvalue weighted by Crippen LogP contribution is -2.22. The Hall–Kier alpha value is -1.22. The lowest BCUT2D eigenvalue weighted by molar-refractivity contribution is 0.00412. The second-order valence-electron chi connectivity index (χ2n) is 5.39. The predicted octanol–water partition coefficient (Wildman–Crippen LogP) is 6.49. The standard InChI is InChI=1S/C18H27BO2.2C2H6/c1-5-8-18(19)17(13-15(6-2)20-4)14(3)11-12-21-16-9-7-10-16;2*1-2/h5,8,13,16H,1,6-7,9-12H2,2-4H3;2*1-2H3/b15-13+,17-14+,18-8+;;. The molecule has 25 heavy (non-hydrogen) atoms. The predicted molar refractivity (Wildman–Crippen MR) is 113 cm³/mol. The third-order valence-electron chi connectivity index (χ3n) is 3.87. The quantitative estimate of drug-likeness (QED) is 0.270. The highest BCUT2D eigenvalue weighted by atomic mass is 16.5. The largest absolute Gasteiger partial charge is 0.501 e. The molecule has 0 saturated heterocycles. The molecule has 0 aromatic carbocycles. The van der Waals surface area contributed by atoms with Crippen LogP contribution in [0.1, 0.15) is 73.6 Å². The van der Waals surface area contributed by atoms with E-state index in [1.165, 1.54) is 24.8 Å². The highest BCUT2D eigenvalue weighted by molar-refractivity contribution is 6.25. The molecule has 1 aliphatic carbocycles. The number of methoxy groups -OCH3 is 1. The molecule has 0 aromatic rings. The van der Waals surface area contributed by atoms with Gasteiger partial charge in [-0.15, -0.1) is 0 Å². The van der Waals surface area contributed by atoms with Gasteiger partial charge in [0.05, 0.1) is 25.6 Å². The van der Waals surface area contributed by atoms with Crippen molar-refractivity contribution in [2.75, 3.05) is 13.7 Å². The number of allylic oxidation sites excluding steroid dienone is 6. The van der Waals surface area contributed by atoms with E-state index in [1.54, 1.807) is 13.2 Å². The third kappa shape index (κ3) is 11.1. The molecule has 0 spiro atoms. The Bertz CT molecular complexity index is 423. The summed E-state index contributed by atoms with van der Waals surface area (Å²) in [5, 5.41) is 0. The van der Waals surface area contributed by atoms with E-state index in [2.05, 4.69) is 20.4 Å².